The van der Waals surface area contributed by atoms with Crippen molar-refractivity contribution in [3.63, 3.8) is 0 Å². The van der Waals surface area contributed by atoms with Gasteiger partial charge in [-0.1, -0.05) is 48.4 Å². The van der Waals surface area contributed by atoms with Gasteiger partial charge in [0.2, 0.25) is 0 Å². The first-order valence-electron chi connectivity index (χ1n) is 5.83. The van der Waals surface area contributed by atoms with Gasteiger partial charge in [-0.05, 0) is 18.6 Å². The highest BCUT2D eigenvalue weighted by molar-refractivity contribution is 5.99. The van der Waals surface area contributed by atoms with Crippen LogP contribution in [0.1, 0.15) is 17.3 Å². The summed E-state index contributed by atoms with van der Waals surface area (Å²) in [4.78, 5) is 11.3. The number of aromatic carboxylic acids is 1. The molecule has 2 aromatic rings. The van der Waals surface area contributed by atoms with Crippen LogP contribution in [0.5, 0.6) is 0 Å². The lowest BCUT2D eigenvalue weighted by atomic mass is 10.00. The largest absolute Gasteiger partial charge is 0.478 e. The Morgan fingerprint density at radius 1 is 1.11 bits per heavy atom. The first kappa shape index (κ1) is 12.7. The van der Waals surface area contributed by atoms with E-state index in [-0.39, 0.29) is 5.56 Å². The Labute approximate surface area is 111 Å². The van der Waals surface area contributed by atoms with Crippen LogP contribution < -0.4 is 5.32 Å². The van der Waals surface area contributed by atoms with E-state index in [1.807, 2.05) is 36.4 Å². The Morgan fingerprint density at radius 3 is 2.47 bits per heavy atom. The molecule has 0 aromatic heterocycles. The minimum Gasteiger partial charge on any atom is -0.478 e. The Kier molecular flexibility index (Phi) is 3.84. The van der Waals surface area contributed by atoms with E-state index >= 15 is 0 Å². The number of para-hydroxylation sites is 1. The highest BCUT2D eigenvalue weighted by atomic mass is 16.4. The predicted molar refractivity (Wildman–Crippen MR) is 75.9 cm³/mol. The smallest absolute Gasteiger partial charge is 0.337 e. The SMILES string of the molecule is CC#CNc1c(C(=O)O)cccc1-c1ccccc1. The van der Waals surface area contributed by atoms with Gasteiger partial charge in [0.15, 0.2) is 0 Å². The van der Waals surface area contributed by atoms with Crippen LogP contribution in [0.4, 0.5) is 5.69 Å². The molecule has 0 saturated heterocycles. The third-order valence-electron chi connectivity index (χ3n) is 2.69. The highest BCUT2D eigenvalue weighted by Gasteiger charge is 2.14. The van der Waals surface area contributed by atoms with Crippen molar-refractivity contribution < 1.29 is 9.90 Å². The van der Waals surface area contributed by atoms with Crippen LogP contribution in [0.3, 0.4) is 0 Å². The van der Waals surface area contributed by atoms with Gasteiger partial charge in [-0.2, -0.15) is 0 Å². The number of hydrogen-bond acceptors (Lipinski definition) is 2. The van der Waals surface area contributed by atoms with E-state index < -0.39 is 5.97 Å². The molecule has 0 aliphatic carbocycles. The second-order valence-electron chi connectivity index (χ2n) is 3.90. The summed E-state index contributed by atoms with van der Waals surface area (Å²) in [5.74, 6) is 1.73. The lowest BCUT2D eigenvalue weighted by Crippen LogP contribution is -2.04. The second kappa shape index (κ2) is 5.74. The maximum atomic E-state index is 11.3. The van der Waals surface area contributed by atoms with Gasteiger partial charge >= 0.3 is 5.97 Å². The second-order valence-corrected chi connectivity index (χ2v) is 3.90. The minimum absolute atomic E-state index is 0.212. The van der Waals surface area contributed by atoms with Gasteiger partial charge in [-0.15, -0.1) is 0 Å². The molecule has 3 heteroatoms. The molecule has 0 bridgehead atoms. The zero-order valence-electron chi connectivity index (χ0n) is 10.5. The zero-order chi connectivity index (χ0) is 13.7. The number of nitrogens with one attached hydrogen (secondary N) is 1. The molecule has 0 saturated carbocycles. The van der Waals surface area contributed by atoms with Crippen molar-refractivity contribution >= 4 is 11.7 Å². The lowest BCUT2D eigenvalue weighted by Gasteiger charge is -2.11. The van der Waals surface area contributed by atoms with Gasteiger partial charge in [-0.3, -0.25) is 0 Å². The number of anilines is 1. The number of carboxylic acids is 1. The fourth-order valence-corrected chi connectivity index (χ4v) is 1.85. The molecule has 19 heavy (non-hydrogen) atoms. The molecule has 0 atom stereocenters. The van der Waals surface area contributed by atoms with Crippen LogP contribution >= 0.6 is 0 Å². The molecule has 0 amide bonds. The fourth-order valence-electron chi connectivity index (χ4n) is 1.85. The van der Waals surface area contributed by atoms with Crippen LogP contribution in [-0.4, -0.2) is 11.1 Å². The van der Waals surface area contributed by atoms with Crippen molar-refractivity contribution in [2.75, 3.05) is 5.32 Å². The van der Waals surface area contributed by atoms with E-state index in [0.717, 1.165) is 11.1 Å². The van der Waals surface area contributed by atoms with Crippen LogP contribution in [-0.2, 0) is 0 Å². The number of benzene rings is 2. The summed E-state index contributed by atoms with van der Waals surface area (Å²) in [5, 5.41) is 12.1. The van der Waals surface area contributed by atoms with Gasteiger partial charge in [0.05, 0.1) is 11.3 Å². The summed E-state index contributed by atoms with van der Waals surface area (Å²) in [5.41, 5.74) is 2.51. The summed E-state index contributed by atoms with van der Waals surface area (Å²) >= 11 is 0. The highest BCUT2D eigenvalue weighted by Crippen LogP contribution is 2.30. The molecule has 0 heterocycles. The van der Waals surface area contributed by atoms with E-state index in [9.17, 15) is 9.90 Å². The molecule has 0 aliphatic rings. The molecule has 2 aromatic carbocycles. The van der Waals surface area contributed by atoms with Crippen LogP contribution in [0, 0.1) is 12.0 Å². The Morgan fingerprint density at radius 2 is 1.84 bits per heavy atom. The summed E-state index contributed by atoms with van der Waals surface area (Å²) in [6.07, 6.45) is 0. The molecule has 0 radical (unpaired) electrons. The van der Waals surface area contributed by atoms with Crippen molar-refractivity contribution in [1.29, 1.82) is 0 Å². The Balaban J connectivity index is 2.62. The standard InChI is InChI=1S/C16H13NO2/c1-2-11-17-15-13(12-7-4-3-5-8-12)9-6-10-14(15)16(18)19/h3-10,17H,1H3,(H,18,19). The zero-order valence-corrected chi connectivity index (χ0v) is 10.5. The van der Waals surface area contributed by atoms with Crippen LogP contribution in [0.25, 0.3) is 11.1 Å². The van der Waals surface area contributed by atoms with Gasteiger partial charge in [-0.25, -0.2) is 4.79 Å². The molecule has 2 N–H and O–H groups in total. The van der Waals surface area contributed by atoms with E-state index in [1.54, 1.807) is 19.1 Å². The van der Waals surface area contributed by atoms with E-state index in [1.165, 1.54) is 0 Å². The van der Waals surface area contributed by atoms with Gasteiger partial charge < -0.3 is 10.4 Å². The van der Waals surface area contributed by atoms with E-state index in [0.29, 0.717) is 5.69 Å². The maximum Gasteiger partial charge on any atom is 0.337 e. The average molecular weight is 251 g/mol. The third kappa shape index (κ3) is 2.75. The van der Waals surface area contributed by atoms with Crippen molar-refractivity contribution in [3.05, 3.63) is 54.1 Å². The number of hydrogen-bond donors (Lipinski definition) is 2. The third-order valence-corrected chi connectivity index (χ3v) is 2.69. The van der Waals surface area contributed by atoms with E-state index in [2.05, 4.69) is 17.3 Å². The summed E-state index contributed by atoms with van der Waals surface area (Å²) in [7, 11) is 0. The normalized spacial score (nSPS) is 9.32. The van der Waals surface area contributed by atoms with Gasteiger partial charge in [0.25, 0.3) is 0 Å². The molecule has 0 aliphatic heterocycles. The van der Waals surface area contributed by atoms with Crippen molar-refractivity contribution in [2.45, 2.75) is 6.92 Å². The minimum atomic E-state index is -0.974. The molecule has 3 nitrogen and oxygen atoms in total. The molecule has 94 valence electrons. The topological polar surface area (TPSA) is 49.3 Å². The molecular formula is C16H13NO2. The molecule has 0 unspecified atom stereocenters. The fraction of sp³-hybridized carbons (Fsp3) is 0.0625. The molecule has 0 spiro atoms. The number of carboxylic acid groups (broad SMARTS) is 1. The quantitative estimate of drug-likeness (QED) is 0.649. The van der Waals surface area contributed by atoms with Crippen molar-refractivity contribution in [2.24, 2.45) is 0 Å². The molecular weight excluding hydrogens is 238 g/mol. The summed E-state index contributed by atoms with van der Waals surface area (Å²) in [6, 6.07) is 17.5. The lowest BCUT2D eigenvalue weighted by molar-refractivity contribution is 0.0698. The molecule has 2 rings (SSSR count). The predicted octanol–water partition coefficient (Wildman–Crippen LogP) is 3.44. The first-order chi connectivity index (χ1) is 9.24. The number of rotatable bonds is 3. The van der Waals surface area contributed by atoms with Gasteiger partial charge in [0.1, 0.15) is 0 Å². The number of carbonyl (C=O) groups is 1. The maximum absolute atomic E-state index is 11.3. The Hall–Kier alpha value is -2.73. The molecule has 0 fully saturated rings. The monoisotopic (exact) mass is 251 g/mol. The first-order valence-corrected chi connectivity index (χ1v) is 5.83. The van der Waals surface area contributed by atoms with Crippen LogP contribution in [0.15, 0.2) is 48.5 Å². The van der Waals surface area contributed by atoms with Crippen LogP contribution in [0.2, 0.25) is 0 Å². The van der Waals surface area contributed by atoms with Crippen molar-refractivity contribution in [1.82, 2.24) is 0 Å². The summed E-state index contributed by atoms with van der Waals surface area (Å²) < 4.78 is 0. The Bertz CT molecular complexity index is 651. The van der Waals surface area contributed by atoms with E-state index in [4.69, 9.17) is 0 Å². The van der Waals surface area contributed by atoms with Gasteiger partial charge in [0, 0.05) is 11.6 Å². The van der Waals surface area contributed by atoms with Crippen molar-refractivity contribution in [3.8, 4) is 23.1 Å². The summed E-state index contributed by atoms with van der Waals surface area (Å²) in [6.45, 7) is 1.69. The average Bonchev–Trinajstić information content (AvgIpc) is 2.45.